The van der Waals surface area contributed by atoms with E-state index >= 15 is 0 Å². The number of halogens is 1. The number of benzene rings is 1. The number of hydrogen-bond acceptors (Lipinski definition) is 3. The molecule has 0 unspecified atom stereocenters. The summed E-state index contributed by atoms with van der Waals surface area (Å²) in [5.41, 5.74) is 1.96. The summed E-state index contributed by atoms with van der Waals surface area (Å²) < 4.78 is 15.5. The van der Waals surface area contributed by atoms with E-state index in [0.29, 0.717) is 16.9 Å². The Kier molecular flexibility index (Phi) is 4.89. The van der Waals surface area contributed by atoms with E-state index in [2.05, 4.69) is 0 Å². The minimum Gasteiger partial charge on any atom is -0.318 e. The topological polar surface area (TPSA) is 59.4 Å². The number of imide groups is 1. The third-order valence-electron chi connectivity index (χ3n) is 6.40. The Labute approximate surface area is 169 Å². The number of carbonyl (C=O) groups is 3. The van der Waals surface area contributed by atoms with Gasteiger partial charge in [-0.1, -0.05) is 25.3 Å². The zero-order valence-electron chi connectivity index (χ0n) is 16.8. The first-order chi connectivity index (χ1) is 13.8. The lowest BCUT2D eigenvalue weighted by Crippen LogP contribution is -2.39. The average molecular weight is 396 g/mol. The van der Waals surface area contributed by atoms with Crippen LogP contribution in [0.15, 0.2) is 30.3 Å². The number of rotatable bonds is 4. The van der Waals surface area contributed by atoms with E-state index in [9.17, 15) is 18.8 Å². The van der Waals surface area contributed by atoms with E-state index in [0.717, 1.165) is 42.7 Å². The number of Topliss-reactive ketones (excluding diaryl/α,β-unsaturated/α-hetero) is 1. The van der Waals surface area contributed by atoms with Crippen molar-refractivity contribution in [1.82, 2.24) is 9.47 Å². The van der Waals surface area contributed by atoms with E-state index in [4.69, 9.17) is 0 Å². The molecular weight excluding hydrogens is 371 g/mol. The van der Waals surface area contributed by atoms with Gasteiger partial charge in [-0.05, 0) is 51.0 Å². The first-order valence-electron chi connectivity index (χ1n) is 10.2. The zero-order chi connectivity index (χ0) is 20.8. The molecule has 6 heteroatoms. The second-order valence-electron chi connectivity index (χ2n) is 8.33. The fourth-order valence-electron chi connectivity index (χ4n) is 4.93. The molecule has 2 fully saturated rings. The molecule has 1 saturated carbocycles. The van der Waals surface area contributed by atoms with Gasteiger partial charge in [0.15, 0.2) is 5.78 Å². The molecule has 0 atom stereocenters. The molecule has 1 aromatic heterocycles. The van der Waals surface area contributed by atoms with Crippen LogP contribution in [0.1, 0.15) is 60.3 Å². The van der Waals surface area contributed by atoms with E-state index in [1.807, 2.05) is 11.5 Å². The largest absolute Gasteiger partial charge is 0.318 e. The van der Waals surface area contributed by atoms with Crippen molar-refractivity contribution < 1.29 is 18.8 Å². The zero-order valence-corrected chi connectivity index (χ0v) is 16.8. The van der Waals surface area contributed by atoms with Gasteiger partial charge in [-0.2, -0.15) is 0 Å². The van der Waals surface area contributed by atoms with E-state index < -0.39 is 5.41 Å². The van der Waals surface area contributed by atoms with Gasteiger partial charge in [0.2, 0.25) is 11.8 Å². The molecular formula is C23H25FN2O3. The lowest BCUT2D eigenvalue weighted by atomic mass is 9.73. The highest BCUT2D eigenvalue weighted by atomic mass is 19.1. The van der Waals surface area contributed by atoms with Gasteiger partial charge in [0.1, 0.15) is 5.82 Å². The van der Waals surface area contributed by atoms with Crippen molar-refractivity contribution in [2.24, 2.45) is 5.41 Å². The third kappa shape index (κ3) is 3.30. The summed E-state index contributed by atoms with van der Waals surface area (Å²) in [6, 6.07) is 7.92. The molecule has 29 heavy (non-hydrogen) atoms. The van der Waals surface area contributed by atoms with Crippen LogP contribution in [0, 0.1) is 25.1 Å². The van der Waals surface area contributed by atoms with Crippen LogP contribution >= 0.6 is 0 Å². The number of hydrogen-bond donors (Lipinski definition) is 0. The van der Waals surface area contributed by atoms with E-state index in [1.165, 1.54) is 12.1 Å². The second-order valence-corrected chi connectivity index (χ2v) is 8.33. The molecule has 0 radical (unpaired) electrons. The number of aryl methyl sites for hydroxylation is 1. The molecule has 4 rings (SSSR count). The van der Waals surface area contributed by atoms with Gasteiger partial charge in [0, 0.05) is 29.1 Å². The number of likely N-dealkylation sites (tertiary alicyclic amines) is 1. The molecule has 2 amide bonds. The Morgan fingerprint density at radius 3 is 2.52 bits per heavy atom. The molecule has 1 aliphatic carbocycles. The van der Waals surface area contributed by atoms with Gasteiger partial charge in [0.05, 0.1) is 12.0 Å². The van der Waals surface area contributed by atoms with Gasteiger partial charge in [-0.15, -0.1) is 0 Å². The van der Waals surface area contributed by atoms with Crippen molar-refractivity contribution >= 4 is 17.6 Å². The third-order valence-corrected chi connectivity index (χ3v) is 6.40. The molecule has 152 valence electrons. The van der Waals surface area contributed by atoms with Gasteiger partial charge < -0.3 is 4.57 Å². The highest BCUT2D eigenvalue weighted by molar-refractivity contribution is 6.10. The Hall–Kier alpha value is -2.76. The normalized spacial score (nSPS) is 18.7. The maximum absolute atomic E-state index is 13.7. The molecule has 1 saturated heterocycles. The molecule has 0 bridgehead atoms. The molecule has 2 heterocycles. The van der Waals surface area contributed by atoms with Crippen LogP contribution in [0.2, 0.25) is 0 Å². The predicted octanol–water partition coefficient (Wildman–Crippen LogP) is 4.13. The van der Waals surface area contributed by atoms with Crippen LogP contribution in [0.5, 0.6) is 0 Å². The summed E-state index contributed by atoms with van der Waals surface area (Å²) in [6.45, 7) is 3.41. The SMILES string of the molecule is Cc1cc(C(=O)CN2C(=O)CC3(CCCCC3)C2=O)c(C)n1-c1cccc(F)c1. The summed E-state index contributed by atoms with van der Waals surface area (Å²) in [5, 5.41) is 0. The average Bonchev–Trinajstić information content (AvgIpc) is 3.10. The van der Waals surface area contributed by atoms with Crippen molar-refractivity contribution in [1.29, 1.82) is 0 Å². The van der Waals surface area contributed by atoms with Crippen LogP contribution < -0.4 is 0 Å². The number of nitrogens with zero attached hydrogens (tertiary/aromatic N) is 2. The van der Waals surface area contributed by atoms with Crippen molar-refractivity contribution in [3.63, 3.8) is 0 Å². The predicted molar refractivity (Wildman–Crippen MR) is 106 cm³/mol. The number of carbonyl (C=O) groups excluding carboxylic acids is 3. The summed E-state index contributed by atoms with van der Waals surface area (Å²) in [4.78, 5) is 39.7. The van der Waals surface area contributed by atoms with E-state index in [1.54, 1.807) is 25.1 Å². The Balaban J connectivity index is 1.59. The Morgan fingerprint density at radius 1 is 1.10 bits per heavy atom. The molecule has 1 aromatic carbocycles. The quantitative estimate of drug-likeness (QED) is 0.577. The highest BCUT2D eigenvalue weighted by Gasteiger charge is 2.51. The Bertz CT molecular complexity index is 1000. The van der Waals surface area contributed by atoms with Crippen LogP contribution in [-0.4, -0.2) is 33.6 Å². The maximum atomic E-state index is 13.7. The molecule has 5 nitrogen and oxygen atoms in total. The van der Waals surface area contributed by atoms with Gasteiger partial charge in [-0.3, -0.25) is 19.3 Å². The van der Waals surface area contributed by atoms with Crippen molar-refractivity contribution in [3.8, 4) is 5.69 Å². The monoisotopic (exact) mass is 396 g/mol. The van der Waals surface area contributed by atoms with Crippen molar-refractivity contribution in [2.45, 2.75) is 52.4 Å². The van der Waals surface area contributed by atoms with Gasteiger partial charge >= 0.3 is 0 Å². The number of amides is 2. The highest BCUT2D eigenvalue weighted by Crippen LogP contribution is 2.45. The summed E-state index contributed by atoms with van der Waals surface area (Å²) in [7, 11) is 0. The molecule has 1 spiro atoms. The lowest BCUT2D eigenvalue weighted by molar-refractivity contribution is -0.141. The molecule has 1 aliphatic heterocycles. The molecule has 2 aromatic rings. The minimum atomic E-state index is -0.589. The summed E-state index contributed by atoms with van der Waals surface area (Å²) in [5.74, 6) is -1.05. The van der Waals surface area contributed by atoms with Crippen LogP contribution in [-0.2, 0) is 9.59 Å². The van der Waals surface area contributed by atoms with Crippen LogP contribution in [0.3, 0.4) is 0 Å². The van der Waals surface area contributed by atoms with Crippen LogP contribution in [0.4, 0.5) is 4.39 Å². The fourth-order valence-corrected chi connectivity index (χ4v) is 4.93. The van der Waals surface area contributed by atoms with Gasteiger partial charge in [0.25, 0.3) is 0 Å². The number of aromatic nitrogens is 1. The molecule has 2 aliphatic rings. The van der Waals surface area contributed by atoms with Gasteiger partial charge in [-0.25, -0.2) is 4.39 Å². The lowest BCUT2D eigenvalue weighted by Gasteiger charge is -2.30. The summed E-state index contributed by atoms with van der Waals surface area (Å²) >= 11 is 0. The standard InChI is InChI=1S/C23H25FN2O3/c1-15-11-19(16(2)26(15)18-8-6-7-17(24)12-18)20(27)14-25-21(28)13-23(22(25)29)9-4-3-5-10-23/h6-8,11-12H,3-5,9-10,13-14H2,1-2H3. The maximum Gasteiger partial charge on any atom is 0.236 e. The molecule has 0 N–H and O–H groups in total. The Morgan fingerprint density at radius 2 is 1.83 bits per heavy atom. The minimum absolute atomic E-state index is 0.186. The van der Waals surface area contributed by atoms with Crippen molar-refractivity contribution in [3.05, 3.63) is 53.1 Å². The fraction of sp³-hybridized carbons (Fsp3) is 0.435. The van der Waals surface area contributed by atoms with Crippen molar-refractivity contribution in [2.75, 3.05) is 6.54 Å². The van der Waals surface area contributed by atoms with E-state index in [-0.39, 0.29) is 36.4 Å². The summed E-state index contributed by atoms with van der Waals surface area (Å²) in [6.07, 6.45) is 4.69. The number of ketones is 1. The van der Waals surface area contributed by atoms with Crippen LogP contribution in [0.25, 0.3) is 5.69 Å². The smallest absolute Gasteiger partial charge is 0.236 e. The first-order valence-corrected chi connectivity index (χ1v) is 10.2. The first kappa shape index (κ1) is 19.6. The second kappa shape index (κ2) is 7.25.